The molecule has 0 unspecified atom stereocenters. The first-order chi connectivity index (χ1) is 16.4. The summed E-state index contributed by atoms with van der Waals surface area (Å²) in [6, 6.07) is 21.2. The van der Waals surface area contributed by atoms with Gasteiger partial charge in [0.25, 0.3) is 21.8 Å². The summed E-state index contributed by atoms with van der Waals surface area (Å²) in [5.41, 5.74) is 1.02. The molecule has 176 valence electrons. The Kier molecular flexibility index (Phi) is 7.27. The Morgan fingerprint density at radius 1 is 0.676 bits per heavy atom. The van der Waals surface area contributed by atoms with Gasteiger partial charge in [0.05, 0.1) is 27.4 Å². The van der Waals surface area contributed by atoms with E-state index in [2.05, 4.69) is 15.4 Å². The third-order valence-corrected chi connectivity index (χ3v) is 7.21. The van der Waals surface area contributed by atoms with E-state index in [1.54, 1.807) is 54.6 Å². The van der Waals surface area contributed by atoms with Gasteiger partial charge in [-0.2, -0.15) is 0 Å². The highest BCUT2D eigenvalue weighted by Gasteiger charge is 2.21. The maximum atomic E-state index is 13.1. The van der Waals surface area contributed by atoms with Crippen LogP contribution >= 0.6 is 0 Å². The summed E-state index contributed by atoms with van der Waals surface area (Å²) in [5.74, 6) is -0.759. The molecule has 1 aliphatic carbocycles. The highest BCUT2D eigenvalue weighted by Crippen LogP contribution is 2.24. The van der Waals surface area contributed by atoms with Crippen LogP contribution in [0.2, 0.25) is 0 Å². The lowest BCUT2D eigenvalue weighted by Crippen LogP contribution is -2.36. The number of hydrogen-bond donors (Lipinski definition) is 3. The van der Waals surface area contributed by atoms with Crippen molar-refractivity contribution in [1.82, 2.24) is 5.32 Å². The molecule has 0 saturated heterocycles. The molecule has 7 nitrogen and oxygen atoms in total. The number of carbonyl (C=O) groups excluding carboxylic acids is 2. The number of sulfonamides is 1. The van der Waals surface area contributed by atoms with E-state index in [1.165, 1.54) is 30.7 Å². The average Bonchev–Trinajstić information content (AvgIpc) is 2.85. The first-order valence-electron chi connectivity index (χ1n) is 11.3. The molecule has 4 rings (SSSR count). The van der Waals surface area contributed by atoms with E-state index < -0.39 is 15.9 Å². The molecule has 0 heterocycles. The van der Waals surface area contributed by atoms with E-state index in [1.807, 2.05) is 0 Å². The molecule has 34 heavy (non-hydrogen) atoms. The van der Waals surface area contributed by atoms with Crippen LogP contribution in [0.25, 0.3) is 0 Å². The zero-order chi connectivity index (χ0) is 24.0. The maximum Gasteiger partial charge on any atom is 0.261 e. The van der Waals surface area contributed by atoms with Gasteiger partial charge in [0.2, 0.25) is 0 Å². The van der Waals surface area contributed by atoms with Crippen molar-refractivity contribution in [2.24, 2.45) is 0 Å². The Morgan fingerprint density at radius 3 is 1.91 bits per heavy atom. The summed E-state index contributed by atoms with van der Waals surface area (Å²) in [6.07, 6.45) is 5.29. The van der Waals surface area contributed by atoms with Gasteiger partial charge in [0.15, 0.2) is 0 Å². The van der Waals surface area contributed by atoms with E-state index in [0.29, 0.717) is 11.3 Å². The Hall–Kier alpha value is -3.65. The molecule has 1 aliphatic rings. The monoisotopic (exact) mass is 477 g/mol. The number of carbonyl (C=O) groups is 2. The highest BCUT2D eigenvalue weighted by atomic mass is 32.2. The lowest BCUT2D eigenvalue weighted by Gasteiger charge is -2.23. The number of para-hydroxylation sites is 2. The van der Waals surface area contributed by atoms with Crippen LogP contribution in [0.15, 0.2) is 83.8 Å². The molecule has 0 aromatic heterocycles. The van der Waals surface area contributed by atoms with Crippen LogP contribution in [0.5, 0.6) is 0 Å². The SMILES string of the molecule is O=C(NC1CCCCC1)c1ccccc1NC(=O)c1ccccc1NS(=O)(=O)c1ccccc1. The van der Waals surface area contributed by atoms with Crippen molar-refractivity contribution in [3.05, 3.63) is 90.0 Å². The van der Waals surface area contributed by atoms with Crippen molar-refractivity contribution in [3.63, 3.8) is 0 Å². The first kappa shape index (κ1) is 23.5. The van der Waals surface area contributed by atoms with Gasteiger partial charge < -0.3 is 10.6 Å². The summed E-state index contributed by atoms with van der Waals surface area (Å²) >= 11 is 0. The lowest BCUT2D eigenvalue weighted by molar-refractivity contribution is 0.0928. The Morgan fingerprint density at radius 2 is 1.24 bits per heavy atom. The van der Waals surface area contributed by atoms with E-state index >= 15 is 0 Å². The van der Waals surface area contributed by atoms with E-state index in [9.17, 15) is 18.0 Å². The molecule has 0 aliphatic heterocycles. The van der Waals surface area contributed by atoms with Gasteiger partial charge >= 0.3 is 0 Å². The minimum absolute atomic E-state index is 0.0925. The van der Waals surface area contributed by atoms with Crippen LogP contribution in [0.4, 0.5) is 11.4 Å². The smallest absolute Gasteiger partial charge is 0.261 e. The summed E-state index contributed by atoms with van der Waals surface area (Å²) < 4.78 is 28.0. The molecular weight excluding hydrogens is 450 g/mol. The number of anilines is 2. The maximum absolute atomic E-state index is 13.1. The van der Waals surface area contributed by atoms with Crippen LogP contribution < -0.4 is 15.4 Å². The van der Waals surface area contributed by atoms with Gasteiger partial charge in [-0.1, -0.05) is 61.7 Å². The van der Waals surface area contributed by atoms with Crippen LogP contribution in [-0.2, 0) is 10.0 Å². The summed E-state index contributed by atoms with van der Waals surface area (Å²) in [7, 11) is -3.87. The molecule has 3 aromatic carbocycles. The molecule has 8 heteroatoms. The topological polar surface area (TPSA) is 104 Å². The predicted octanol–water partition coefficient (Wildman–Crippen LogP) is 4.80. The molecule has 3 aromatic rings. The zero-order valence-corrected chi connectivity index (χ0v) is 19.5. The fourth-order valence-electron chi connectivity index (χ4n) is 4.06. The van der Waals surface area contributed by atoms with Crippen molar-refractivity contribution in [2.45, 2.75) is 43.0 Å². The molecule has 0 atom stereocenters. The first-order valence-corrected chi connectivity index (χ1v) is 12.8. The van der Waals surface area contributed by atoms with Gasteiger partial charge in [-0.25, -0.2) is 8.42 Å². The van der Waals surface area contributed by atoms with Crippen LogP contribution in [0.3, 0.4) is 0 Å². The van der Waals surface area contributed by atoms with Gasteiger partial charge in [0, 0.05) is 6.04 Å². The van der Waals surface area contributed by atoms with Crippen LogP contribution in [0.1, 0.15) is 52.8 Å². The largest absolute Gasteiger partial charge is 0.349 e. The number of nitrogens with one attached hydrogen (secondary N) is 3. The number of amides is 2. The van der Waals surface area contributed by atoms with Crippen molar-refractivity contribution < 1.29 is 18.0 Å². The zero-order valence-electron chi connectivity index (χ0n) is 18.7. The third kappa shape index (κ3) is 5.63. The van der Waals surface area contributed by atoms with Crippen molar-refractivity contribution in [1.29, 1.82) is 0 Å². The number of benzene rings is 3. The fourth-order valence-corrected chi connectivity index (χ4v) is 5.16. The second-order valence-electron chi connectivity index (χ2n) is 8.27. The average molecular weight is 478 g/mol. The quantitative estimate of drug-likeness (QED) is 0.455. The van der Waals surface area contributed by atoms with Crippen molar-refractivity contribution in [3.8, 4) is 0 Å². The van der Waals surface area contributed by atoms with Crippen molar-refractivity contribution in [2.75, 3.05) is 10.0 Å². The number of hydrogen-bond acceptors (Lipinski definition) is 4. The molecular formula is C26H27N3O4S. The third-order valence-electron chi connectivity index (χ3n) is 5.83. The second kappa shape index (κ2) is 10.5. The molecule has 3 N–H and O–H groups in total. The molecule has 0 spiro atoms. The molecule has 1 saturated carbocycles. The van der Waals surface area contributed by atoms with E-state index in [4.69, 9.17) is 0 Å². The van der Waals surface area contributed by atoms with Gasteiger partial charge in [-0.15, -0.1) is 0 Å². The minimum Gasteiger partial charge on any atom is -0.349 e. The number of rotatable bonds is 7. The summed E-state index contributed by atoms with van der Waals surface area (Å²) in [5, 5.41) is 5.84. The van der Waals surface area contributed by atoms with E-state index in [-0.39, 0.29) is 28.1 Å². The second-order valence-corrected chi connectivity index (χ2v) is 9.95. The minimum atomic E-state index is -3.87. The van der Waals surface area contributed by atoms with Crippen LogP contribution in [0, 0.1) is 0 Å². The Labute approximate surface area is 199 Å². The van der Waals surface area contributed by atoms with E-state index in [0.717, 1.165) is 25.7 Å². The normalized spacial score (nSPS) is 14.2. The molecule has 2 amide bonds. The predicted molar refractivity (Wildman–Crippen MR) is 132 cm³/mol. The Balaban J connectivity index is 1.54. The molecule has 0 radical (unpaired) electrons. The highest BCUT2D eigenvalue weighted by molar-refractivity contribution is 7.92. The Bertz CT molecular complexity index is 1270. The van der Waals surface area contributed by atoms with Crippen LogP contribution in [-0.4, -0.2) is 26.3 Å². The lowest BCUT2D eigenvalue weighted by atomic mass is 9.95. The summed E-state index contributed by atoms with van der Waals surface area (Å²) in [6.45, 7) is 0. The van der Waals surface area contributed by atoms with Crippen molar-refractivity contribution >= 4 is 33.2 Å². The molecule has 1 fully saturated rings. The van der Waals surface area contributed by atoms with Gasteiger partial charge in [-0.05, 0) is 49.2 Å². The summed E-state index contributed by atoms with van der Waals surface area (Å²) in [4.78, 5) is 26.1. The van der Waals surface area contributed by atoms with Gasteiger partial charge in [-0.3, -0.25) is 14.3 Å². The molecule has 0 bridgehead atoms. The fraction of sp³-hybridized carbons (Fsp3) is 0.231. The van der Waals surface area contributed by atoms with Gasteiger partial charge in [0.1, 0.15) is 0 Å². The standard InChI is InChI=1S/C26H27N3O4S/c30-25(27-19-11-3-1-4-12-19)21-15-7-9-17-23(21)28-26(31)22-16-8-10-18-24(22)29-34(32,33)20-13-5-2-6-14-20/h2,5-10,13-19,29H,1,3-4,11-12H2,(H,27,30)(H,28,31).